The Kier molecular flexibility index (Phi) is 6.31. The van der Waals surface area contributed by atoms with Crippen LogP contribution in [0, 0.1) is 0 Å². The molecule has 1 saturated heterocycles. The summed E-state index contributed by atoms with van der Waals surface area (Å²) in [6.07, 6.45) is 1.26. The first kappa shape index (κ1) is 21.6. The number of anilines is 1. The van der Waals surface area contributed by atoms with E-state index in [1.54, 1.807) is 24.3 Å². The molecule has 0 aromatic heterocycles. The maximum Gasteiger partial charge on any atom is 0.328 e. The molecular formula is C21H24N2O6S. The molecule has 1 aliphatic rings. The number of sulfonamides is 1. The van der Waals surface area contributed by atoms with Crippen LogP contribution in [0.5, 0.6) is 5.75 Å². The average molecular weight is 432 g/mol. The number of para-hydroxylation sites is 2. The molecule has 0 unspecified atom stereocenters. The number of amides is 1. The number of benzene rings is 2. The number of esters is 1. The van der Waals surface area contributed by atoms with Gasteiger partial charge in [0, 0.05) is 19.2 Å². The van der Waals surface area contributed by atoms with E-state index in [1.807, 2.05) is 0 Å². The number of carbonyl (C=O) groups is 2. The van der Waals surface area contributed by atoms with E-state index in [2.05, 4.69) is 0 Å². The van der Waals surface area contributed by atoms with Crippen LogP contribution in [0.15, 0.2) is 53.4 Å². The van der Waals surface area contributed by atoms with Gasteiger partial charge in [-0.3, -0.25) is 9.10 Å². The third-order valence-corrected chi connectivity index (χ3v) is 6.96. The minimum atomic E-state index is -3.86. The van der Waals surface area contributed by atoms with Crippen LogP contribution in [0.1, 0.15) is 23.2 Å². The van der Waals surface area contributed by atoms with Gasteiger partial charge in [0.1, 0.15) is 11.8 Å². The molecule has 2 aromatic carbocycles. The van der Waals surface area contributed by atoms with E-state index < -0.39 is 22.0 Å². The fourth-order valence-corrected chi connectivity index (χ4v) is 4.71. The SMILES string of the molecule is COC(=O)[C@@H]1CCCN1C(=O)c1ccc(S(=O)(=O)N(C)c2ccccc2OC)cc1. The molecular weight excluding hydrogens is 408 g/mol. The quantitative estimate of drug-likeness (QED) is 0.651. The summed E-state index contributed by atoms with van der Waals surface area (Å²) in [5.41, 5.74) is 0.711. The third-order valence-electron chi connectivity index (χ3n) is 5.17. The third kappa shape index (κ3) is 3.97. The van der Waals surface area contributed by atoms with Crippen LogP contribution >= 0.6 is 0 Å². The normalized spacial score (nSPS) is 16.2. The van der Waals surface area contributed by atoms with E-state index >= 15 is 0 Å². The van der Waals surface area contributed by atoms with Gasteiger partial charge in [0.05, 0.1) is 24.8 Å². The molecule has 0 N–H and O–H groups in total. The summed E-state index contributed by atoms with van der Waals surface area (Å²) in [6.45, 7) is 0.454. The average Bonchev–Trinajstić information content (AvgIpc) is 3.27. The van der Waals surface area contributed by atoms with Gasteiger partial charge in [-0.1, -0.05) is 12.1 Å². The highest BCUT2D eigenvalue weighted by Gasteiger charge is 2.35. The molecule has 1 amide bonds. The minimum absolute atomic E-state index is 0.0402. The molecule has 8 nitrogen and oxygen atoms in total. The van der Waals surface area contributed by atoms with Crippen molar-refractivity contribution in [1.82, 2.24) is 4.90 Å². The fraction of sp³-hybridized carbons (Fsp3) is 0.333. The van der Waals surface area contributed by atoms with Crippen LogP contribution < -0.4 is 9.04 Å². The summed E-state index contributed by atoms with van der Waals surface area (Å²) in [4.78, 5) is 26.2. The molecule has 1 aliphatic heterocycles. The molecule has 0 bridgehead atoms. The molecule has 0 saturated carbocycles. The van der Waals surface area contributed by atoms with Crippen LogP contribution in [0.2, 0.25) is 0 Å². The first-order valence-electron chi connectivity index (χ1n) is 9.42. The van der Waals surface area contributed by atoms with E-state index in [-0.39, 0.29) is 10.8 Å². The Labute approximate surface area is 176 Å². The Hall–Kier alpha value is -3.07. The largest absolute Gasteiger partial charge is 0.495 e. The van der Waals surface area contributed by atoms with Crippen molar-refractivity contribution < 1.29 is 27.5 Å². The van der Waals surface area contributed by atoms with Gasteiger partial charge in [-0.25, -0.2) is 13.2 Å². The number of hydrogen-bond donors (Lipinski definition) is 0. The predicted molar refractivity (Wildman–Crippen MR) is 111 cm³/mol. The molecule has 160 valence electrons. The van der Waals surface area contributed by atoms with E-state index in [9.17, 15) is 18.0 Å². The van der Waals surface area contributed by atoms with Gasteiger partial charge in [-0.2, -0.15) is 0 Å². The molecule has 0 radical (unpaired) electrons. The highest BCUT2D eigenvalue weighted by atomic mass is 32.2. The van der Waals surface area contributed by atoms with E-state index in [1.165, 1.54) is 50.4 Å². The molecule has 1 atom stereocenters. The fourth-order valence-electron chi connectivity index (χ4n) is 3.50. The number of ether oxygens (including phenoxy) is 2. The molecule has 1 heterocycles. The second kappa shape index (κ2) is 8.74. The number of hydrogen-bond acceptors (Lipinski definition) is 6. The molecule has 30 heavy (non-hydrogen) atoms. The second-order valence-corrected chi connectivity index (χ2v) is 8.82. The Bertz CT molecular complexity index is 1040. The molecule has 3 rings (SSSR count). The first-order valence-corrected chi connectivity index (χ1v) is 10.9. The van der Waals surface area contributed by atoms with Gasteiger partial charge in [0.25, 0.3) is 15.9 Å². The van der Waals surface area contributed by atoms with Crippen LogP contribution in [0.3, 0.4) is 0 Å². The van der Waals surface area contributed by atoms with Crippen molar-refractivity contribution in [2.24, 2.45) is 0 Å². The van der Waals surface area contributed by atoms with E-state index in [0.717, 1.165) is 4.31 Å². The Morgan fingerprint density at radius 2 is 1.73 bits per heavy atom. The smallest absolute Gasteiger partial charge is 0.328 e. The maximum absolute atomic E-state index is 13.0. The van der Waals surface area contributed by atoms with Crippen molar-refractivity contribution >= 4 is 27.6 Å². The van der Waals surface area contributed by atoms with Gasteiger partial charge in [0.2, 0.25) is 0 Å². The van der Waals surface area contributed by atoms with Crippen molar-refractivity contribution in [3.05, 3.63) is 54.1 Å². The van der Waals surface area contributed by atoms with Crippen molar-refractivity contribution in [2.75, 3.05) is 32.1 Å². The number of methoxy groups -OCH3 is 2. The van der Waals surface area contributed by atoms with Crippen LogP contribution in [0.4, 0.5) is 5.69 Å². The topological polar surface area (TPSA) is 93.2 Å². The maximum atomic E-state index is 13.0. The number of likely N-dealkylation sites (tertiary alicyclic amines) is 1. The molecule has 1 fully saturated rings. The minimum Gasteiger partial charge on any atom is -0.495 e. The van der Waals surface area contributed by atoms with Crippen LogP contribution in [-0.4, -0.2) is 59.0 Å². The van der Waals surface area contributed by atoms with Crippen molar-refractivity contribution in [1.29, 1.82) is 0 Å². The number of carbonyl (C=O) groups excluding carboxylic acids is 2. The van der Waals surface area contributed by atoms with Crippen molar-refractivity contribution in [3.8, 4) is 5.75 Å². The van der Waals surface area contributed by atoms with Gasteiger partial charge >= 0.3 is 5.97 Å². The summed E-state index contributed by atoms with van der Waals surface area (Å²) >= 11 is 0. The summed E-state index contributed by atoms with van der Waals surface area (Å²) in [6, 6.07) is 11.9. The monoisotopic (exact) mass is 432 g/mol. The molecule has 2 aromatic rings. The lowest BCUT2D eigenvalue weighted by Gasteiger charge is -2.23. The van der Waals surface area contributed by atoms with Crippen LogP contribution in [-0.2, 0) is 19.6 Å². The number of rotatable bonds is 6. The molecule has 0 spiro atoms. The van der Waals surface area contributed by atoms with Gasteiger partial charge in [-0.15, -0.1) is 0 Å². The summed E-state index contributed by atoms with van der Waals surface area (Å²) in [5, 5.41) is 0. The van der Waals surface area contributed by atoms with Gasteiger partial charge in [0.15, 0.2) is 0 Å². The van der Waals surface area contributed by atoms with E-state index in [4.69, 9.17) is 9.47 Å². The van der Waals surface area contributed by atoms with Crippen LogP contribution in [0.25, 0.3) is 0 Å². The molecule has 0 aliphatic carbocycles. The Morgan fingerprint density at radius 1 is 1.07 bits per heavy atom. The van der Waals surface area contributed by atoms with E-state index in [0.29, 0.717) is 36.4 Å². The van der Waals surface area contributed by atoms with Gasteiger partial charge in [-0.05, 0) is 49.2 Å². The standard InChI is InChI=1S/C21H24N2O6S/c1-22(17-7-4-5-9-19(17)28-2)30(26,27)16-12-10-15(11-13-16)20(24)23-14-6-8-18(23)21(25)29-3/h4-5,7,9-13,18H,6,8,14H2,1-3H3/t18-/m0/s1. The Morgan fingerprint density at radius 3 is 2.37 bits per heavy atom. The lowest BCUT2D eigenvalue weighted by atomic mass is 10.1. The highest BCUT2D eigenvalue weighted by Crippen LogP contribution is 2.31. The second-order valence-electron chi connectivity index (χ2n) is 6.85. The van der Waals surface area contributed by atoms with Gasteiger partial charge < -0.3 is 14.4 Å². The zero-order valence-corrected chi connectivity index (χ0v) is 17.9. The lowest BCUT2D eigenvalue weighted by molar-refractivity contribution is -0.145. The summed E-state index contributed by atoms with van der Waals surface area (Å²) < 4.78 is 37.2. The first-order chi connectivity index (χ1) is 14.3. The summed E-state index contributed by atoms with van der Waals surface area (Å²) in [7, 11) is 0.347. The zero-order chi connectivity index (χ0) is 21.9. The highest BCUT2D eigenvalue weighted by molar-refractivity contribution is 7.92. The van der Waals surface area contributed by atoms with Crippen molar-refractivity contribution in [3.63, 3.8) is 0 Å². The summed E-state index contributed by atoms with van der Waals surface area (Å²) in [5.74, 6) is -0.346. The lowest BCUT2D eigenvalue weighted by Crippen LogP contribution is -2.41. The number of nitrogens with zero attached hydrogens (tertiary/aromatic N) is 2. The predicted octanol–water partition coefficient (Wildman–Crippen LogP) is 2.30. The van der Waals surface area contributed by atoms with Crippen molar-refractivity contribution in [2.45, 2.75) is 23.8 Å². The Balaban J connectivity index is 1.84. The molecule has 9 heteroatoms. The zero-order valence-electron chi connectivity index (χ0n) is 17.1.